The van der Waals surface area contributed by atoms with Crippen molar-refractivity contribution in [1.29, 1.82) is 5.26 Å². The van der Waals surface area contributed by atoms with E-state index in [0.29, 0.717) is 12.1 Å². The molecule has 1 aliphatic rings. The van der Waals surface area contributed by atoms with Gasteiger partial charge in [0.15, 0.2) is 0 Å². The molecule has 1 aliphatic heterocycles. The zero-order chi connectivity index (χ0) is 19.2. The van der Waals surface area contributed by atoms with Crippen molar-refractivity contribution in [3.8, 4) is 6.07 Å². The summed E-state index contributed by atoms with van der Waals surface area (Å²) < 4.78 is 1.04. The maximum atomic E-state index is 12.3. The number of carbonyl (C=O) groups is 1. The second kappa shape index (κ2) is 9.14. The molecule has 0 spiro atoms. The second-order valence-corrected chi connectivity index (χ2v) is 7.73. The van der Waals surface area contributed by atoms with Crippen molar-refractivity contribution in [2.24, 2.45) is 0 Å². The van der Waals surface area contributed by atoms with Crippen molar-refractivity contribution in [3.05, 3.63) is 63.6 Å². The maximum absolute atomic E-state index is 12.3. The van der Waals surface area contributed by atoms with Gasteiger partial charge in [0.05, 0.1) is 18.2 Å². The summed E-state index contributed by atoms with van der Waals surface area (Å²) >= 11 is 3.47. The topological polar surface area (TPSA) is 59.4 Å². The van der Waals surface area contributed by atoms with Crippen LogP contribution < -0.4 is 5.32 Å². The number of aryl methyl sites for hydroxylation is 1. The van der Waals surface area contributed by atoms with Gasteiger partial charge in [-0.15, -0.1) is 0 Å². The fourth-order valence-electron chi connectivity index (χ4n) is 3.17. The number of nitrogens with zero attached hydrogens (tertiary/aromatic N) is 3. The van der Waals surface area contributed by atoms with E-state index in [2.05, 4.69) is 37.1 Å². The lowest BCUT2D eigenvalue weighted by atomic mass is 10.1. The Balaban J connectivity index is 1.43. The van der Waals surface area contributed by atoms with Gasteiger partial charge in [-0.05, 0) is 48.4 Å². The van der Waals surface area contributed by atoms with E-state index in [9.17, 15) is 4.79 Å². The summed E-state index contributed by atoms with van der Waals surface area (Å²) in [5, 5.41) is 11.8. The molecule has 0 atom stereocenters. The highest BCUT2D eigenvalue weighted by Gasteiger charge is 2.19. The summed E-state index contributed by atoms with van der Waals surface area (Å²) in [5.74, 6) is 0.0252. The number of carbonyl (C=O) groups excluding carboxylic acids is 1. The van der Waals surface area contributed by atoms with Gasteiger partial charge in [-0.3, -0.25) is 14.6 Å². The van der Waals surface area contributed by atoms with Crippen molar-refractivity contribution in [2.75, 3.05) is 38.0 Å². The monoisotopic (exact) mass is 426 g/mol. The number of rotatable bonds is 5. The maximum Gasteiger partial charge on any atom is 0.238 e. The van der Waals surface area contributed by atoms with Crippen LogP contribution in [-0.4, -0.2) is 48.4 Å². The summed E-state index contributed by atoms with van der Waals surface area (Å²) in [4.78, 5) is 16.9. The van der Waals surface area contributed by atoms with Crippen LogP contribution in [0.2, 0.25) is 0 Å². The minimum absolute atomic E-state index is 0.0252. The standard InChI is InChI=1S/C21H23BrN4O/c1-16-12-19(6-7-20(16)22)24-21(27)15-26-10-8-25(9-11-26)14-18-4-2-17(13-23)3-5-18/h2-7,12H,8-11,14-15H2,1H3,(H,24,27). The van der Waals surface area contributed by atoms with Gasteiger partial charge in [0.25, 0.3) is 0 Å². The first kappa shape index (κ1) is 19.6. The van der Waals surface area contributed by atoms with Crippen LogP contribution in [0.25, 0.3) is 0 Å². The summed E-state index contributed by atoms with van der Waals surface area (Å²) in [6, 6.07) is 15.7. The van der Waals surface area contributed by atoms with Gasteiger partial charge in [0.2, 0.25) is 5.91 Å². The van der Waals surface area contributed by atoms with Crippen LogP contribution in [0.15, 0.2) is 46.9 Å². The molecule has 27 heavy (non-hydrogen) atoms. The molecular weight excluding hydrogens is 404 g/mol. The molecule has 3 rings (SSSR count). The number of piperazine rings is 1. The first-order valence-electron chi connectivity index (χ1n) is 9.03. The molecule has 1 N–H and O–H groups in total. The predicted molar refractivity (Wildman–Crippen MR) is 110 cm³/mol. The van der Waals surface area contributed by atoms with Gasteiger partial charge in [-0.2, -0.15) is 5.26 Å². The summed E-state index contributed by atoms with van der Waals surface area (Å²) in [6.07, 6.45) is 0. The van der Waals surface area contributed by atoms with Crippen molar-refractivity contribution in [1.82, 2.24) is 9.80 Å². The largest absolute Gasteiger partial charge is 0.325 e. The first-order chi connectivity index (χ1) is 13.0. The van der Waals surface area contributed by atoms with E-state index in [0.717, 1.165) is 48.4 Å². The van der Waals surface area contributed by atoms with E-state index in [-0.39, 0.29) is 5.91 Å². The third-order valence-corrected chi connectivity index (χ3v) is 5.65. The molecule has 2 aromatic rings. The number of benzene rings is 2. The highest BCUT2D eigenvalue weighted by molar-refractivity contribution is 9.10. The Labute approximate surface area is 168 Å². The first-order valence-corrected chi connectivity index (χ1v) is 9.82. The normalized spacial score (nSPS) is 15.3. The highest BCUT2D eigenvalue weighted by Crippen LogP contribution is 2.20. The Morgan fingerprint density at radius 2 is 1.78 bits per heavy atom. The molecule has 2 aromatic carbocycles. The zero-order valence-electron chi connectivity index (χ0n) is 15.4. The lowest BCUT2D eigenvalue weighted by Gasteiger charge is -2.34. The predicted octanol–water partition coefficient (Wildman–Crippen LogP) is 3.39. The van der Waals surface area contributed by atoms with Crippen molar-refractivity contribution >= 4 is 27.5 Å². The molecule has 1 saturated heterocycles. The molecule has 5 nitrogen and oxygen atoms in total. The summed E-state index contributed by atoms with van der Waals surface area (Å²) in [5.41, 5.74) is 3.84. The Morgan fingerprint density at radius 1 is 1.11 bits per heavy atom. The summed E-state index contributed by atoms with van der Waals surface area (Å²) in [7, 11) is 0. The van der Waals surface area contributed by atoms with Crippen molar-refractivity contribution in [2.45, 2.75) is 13.5 Å². The van der Waals surface area contributed by atoms with Gasteiger partial charge in [0, 0.05) is 42.9 Å². The zero-order valence-corrected chi connectivity index (χ0v) is 17.0. The van der Waals surface area contributed by atoms with E-state index >= 15 is 0 Å². The third kappa shape index (κ3) is 5.64. The van der Waals surface area contributed by atoms with Crippen LogP contribution in [0.3, 0.4) is 0 Å². The molecule has 0 radical (unpaired) electrons. The van der Waals surface area contributed by atoms with Gasteiger partial charge in [0.1, 0.15) is 0 Å². The SMILES string of the molecule is Cc1cc(NC(=O)CN2CCN(Cc3ccc(C#N)cc3)CC2)ccc1Br. The van der Waals surface area contributed by atoms with Crippen LogP contribution in [-0.2, 0) is 11.3 Å². The molecule has 1 heterocycles. The highest BCUT2D eigenvalue weighted by atomic mass is 79.9. The number of anilines is 1. The lowest BCUT2D eigenvalue weighted by molar-refractivity contribution is -0.117. The van der Waals surface area contributed by atoms with Crippen molar-refractivity contribution < 1.29 is 4.79 Å². The van der Waals surface area contributed by atoms with E-state index in [1.165, 1.54) is 5.56 Å². The fraction of sp³-hybridized carbons (Fsp3) is 0.333. The van der Waals surface area contributed by atoms with Crippen LogP contribution in [0.1, 0.15) is 16.7 Å². The molecule has 1 fully saturated rings. The van der Waals surface area contributed by atoms with Crippen LogP contribution in [0.5, 0.6) is 0 Å². The molecular formula is C21H23BrN4O. The molecule has 6 heteroatoms. The van der Waals surface area contributed by atoms with Gasteiger partial charge in [-0.25, -0.2) is 0 Å². The average Bonchev–Trinajstić information content (AvgIpc) is 2.67. The van der Waals surface area contributed by atoms with E-state index in [1.807, 2.05) is 49.4 Å². The van der Waals surface area contributed by atoms with E-state index < -0.39 is 0 Å². The molecule has 0 saturated carbocycles. The van der Waals surface area contributed by atoms with Crippen LogP contribution in [0, 0.1) is 18.3 Å². The number of halogens is 1. The van der Waals surface area contributed by atoms with Gasteiger partial charge in [-0.1, -0.05) is 28.1 Å². The Kier molecular flexibility index (Phi) is 6.62. The second-order valence-electron chi connectivity index (χ2n) is 6.87. The number of nitrogens with one attached hydrogen (secondary N) is 1. The minimum Gasteiger partial charge on any atom is -0.325 e. The van der Waals surface area contributed by atoms with Gasteiger partial charge >= 0.3 is 0 Å². The van der Waals surface area contributed by atoms with Crippen LogP contribution >= 0.6 is 15.9 Å². The lowest BCUT2D eigenvalue weighted by Crippen LogP contribution is -2.48. The Bertz CT molecular complexity index is 836. The molecule has 0 aromatic heterocycles. The smallest absolute Gasteiger partial charge is 0.238 e. The number of amides is 1. The van der Waals surface area contributed by atoms with Gasteiger partial charge < -0.3 is 5.32 Å². The Hall–Kier alpha value is -2.20. The Morgan fingerprint density at radius 3 is 2.41 bits per heavy atom. The van der Waals surface area contributed by atoms with E-state index in [1.54, 1.807) is 0 Å². The average molecular weight is 427 g/mol. The minimum atomic E-state index is 0.0252. The summed E-state index contributed by atoms with van der Waals surface area (Å²) in [6.45, 7) is 6.93. The number of hydrogen-bond donors (Lipinski definition) is 1. The molecule has 0 aliphatic carbocycles. The molecule has 0 unspecified atom stereocenters. The van der Waals surface area contributed by atoms with Crippen LogP contribution in [0.4, 0.5) is 5.69 Å². The van der Waals surface area contributed by atoms with E-state index in [4.69, 9.17) is 5.26 Å². The molecule has 140 valence electrons. The fourth-order valence-corrected chi connectivity index (χ4v) is 3.42. The number of hydrogen-bond acceptors (Lipinski definition) is 4. The molecule has 1 amide bonds. The number of nitriles is 1. The molecule has 0 bridgehead atoms. The quantitative estimate of drug-likeness (QED) is 0.795. The van der Waals surface area contributed by atoms with Crippen molar-refractivity contribution in [3.63, 3.8) is 0 Å². The third-order valence-electron chi connectivity index (χ3n) is 4.76.